The van der Waals surface area contributed by atoms with Gasteiger partial charge >= 0.3 is 11.9 Å². The molecule has 1 aromatic heterocycles. The van der Waals surface area contributed by atoms with Gasteiger partial charge in [0.05, 0.1) is 0 Å². The Bertz CT molecular complexity index is 876. The quantitative estimate of drug-likeness (QED) is 0.824. The van der Waals surface area contributed by atoms with Crippen molar-refractivity contribution in [1.29, 1.82) is 0 Å². The zero-order valence-corrected chi connectivity index (χ0v) is 14.1. The third-order valence-electron chi connectivity index (χ3n) is 3.22. The molecule has 0 bridgehead atoms. The van der Waals surface area contributed by atoms with Crippen molar-refractivity contribution >= 4 is 11.9 Å². The number of ether oxygens (including phenoxy) is 1. The molecule has 0 unspecified atom stereocenters. The standard InChI is InChI=1S/C18H19NO6/c1-18(2,3)25-15(21)10-19-9-12(8-14(16(19)22)17(23)24)11-5-4-6-13(20)7-11/h4-9,20H,10H2,1-3H3,(H,23,24). The number of aromatic nitrogens is 1. The lowest BCUT2D eigenvalue weighted by Crippen LogP contribution is -2.32. The molecule has 1 aromatic carbocycles. The minimum atomic E-state index is -1.40. The number of hydrogen-bond acceptors (Lipinski definition) is 5. The summed E-state index contributed by atoms with van der Waals surface area (Å²) in [6.07, 6.45) is 1.37. The van der Waals surface area contributed by atoms with E-state index in [9.17, 15) is 24.6 Å². The Labute approximate surface area is 144 Å². The lowest BCUT2D eigenvalue weighted by molar-refractivity contribution is -0.155. The van der Waals surface area contributed by atoms with Gasteiger partial charge in [-0.05, 0) is 50.1 Å². The van der Waals surface area contributed by atoms with Crippen LogP contribution in [0, 0.1) is 0 Å². The molecule has 2 N–H and O–H groups in total. The highest BCUT2D eigenvalue weighted by Crippen LogP contribution is 2.23. The van der Waals surface area contributed by atoms with Gasteiger partial charge in [-0.3, -0.25) is 9.59 Å². The fraction of sp³-hybridized carbons (Fsp3) is 0.278. The molecule has 0 saturated carbocycles. The van der Waals surface area contributed by atoms with E-state index in [-0.39, 0.29) is 5.75 Å². The highest BCUT2D eigenvalue weighted by Gasteiger charge is 2.20. The third kappa shape index (κ3) is 4.69. The fourth-order valence-corrected chi connectivity index (χ4v) is 2.26. The Hall–Kier alpha value is -3.09. The van der Waals surface area contributed by atoms with E-state index in [0.29, 0.717) is 11.1 Å². The van der Waals surface area contributed by atoms with E-state index in [1.54, 1.807) is 32.9 Å². The van der Waals surface area contributed by atoms with Gasteiger partial charge in [0.25, 0.3) is 5.56 Å². The van der Waals surface area contributed by atoms with Crippen molar-refractivity contribution in [3.8, 4) is 16.9 Å². The molecule has 0 amide bonds. The number of pyridine rings is 1. The predicted molar refractivity (Wildman–Crippen MR) is 90.6 cm³/mol. The van der Waals surface area contributed by atoms with E-state index in [1.165, 1.54) is 24.4 Å². The molecule has 0 fully saturated rings. The summed E-state index contributed by atoms with van der Waals surface area (Å²) in [6.45, 7) is 4.67. The molecule has 2 aromatic rings. The molecular weight excluding hydrogens is 326 g/mol. The summed E-state index contributed by atoms with van der Waals surface area (Å²) in [6, 6.07) is 7.37. The van der Waals surface area contributed by atoms with Gasteiger partial charge in [0.2, 0.25) is 0 Å². The first-order chi connectivity index (χ1) is 11.6. The van der Waals surface area contributed by atoms with Crippen molar-refractivity contribution in [2.45, 2.75) is 32.9 Å². The smallest absolute Gasteiger partial charge is 0.341 e. The van der Waals surface area contributed by atoms with Crippen LogP contribution in [0.2, 0.25) is 0 Å². The van der Waals surface area contributed by atoms with Gasteiger partial charge in [-0.15, -0.1) is 0 Å². The maximum atomic E-state index is 12.3. The van der Waals surface area contributed by atoms with Crippen LogP contribution in [-0.4, -0.2) is 32.3 Å². The van der Waals surface area contributed by atoms with Crippen molar-refractivity contribution in [3.05, 3.63) is 52.4 Å². The molecule has 0 aliphatic heterocycles. The summed E-state index contributed by atoms with van der Waals surface area (Å²) in [4.78, 5) is 35.6. The molecule has 0 spiro atoms. The molecule has 7 heteroatoms. The topological polar surface area (TPSA) is 106 Å². The molecule has 25 heavy (non-hydrogen) atoms. The van der Waals surface area contributed by atoms with Gasteiger partial charge in [-0.25, -0.2) is 4.79 Å². The number of nitrogens with zero attached hydrogens (tertiary/aromatic N) is 1. The van der Waals surface area contributed by atoms with Gasteiger partial charge in [0.1, 0.15) is 23.5 Å². The first-order valence-electron chi connectivity index (χ1n) is 7.56. The average Bonchev–Trinajstić information content (AvgIpc) is 2.47. The predicted octanol–water partition coefficient (Wildman–Crippen LogP) is 2.26. The number of aromatic carboxylic acids is 1. The molecule has 0 radical (unpaired) electrons. The van der Waals surface area contributed by atoms with Crippen molar-refractivity contribution in [2.24, 2.45) is 0 Å². The lowest BCUT2D eigenvalue weighted by atomic mass is 10.1. The highest BCUT2D eigenvalue weighted by molar-refractivity contribution is 5.89. The van der Waals surface area contributed by atoms with E-state index in [1.807, 2.05) is 0 Å². The molecular formula is C18H19NO6. The monoisotopic (exact) mass is 345 g/mol. The van der Waals surface area contributed by atoms with Crippen LogP contribution in [0.4, 0.5) is 0 Å². The lowest BCUT2D eigenvalue weighted by Gasteiger charge is -2.20. The first-order valence-corrected chi connectivity index (χ1v) is 7.56. The van der Waals surface area contributed by atoms with E-state index in [0.717, 1.165) is 4.57 Å². The second-order valence-electron chi connectivity index (χ2n) is 6.52. The number of benzene rings is 1. The van der Waals surface area contributed by atoms with E-state index in [2.05, 4.69) is 0 Å². The molecule has 0 atom stereocenters. The molecule has 0 aliphatic rings. The van der Waals surface area contributed by atoms with Gasteiger partial charge in [0.15, 0.2) is 0 Å². The number of carboxylic acids is 1. The molecule has 0 saturated heterocycles. The van der Waals surface area contributed by atoms with E-state index < -0.39 is 35.2 Å². The van der Waals surface area contributed by atoms with Crippen molar-refractivity contribution < 1.29 is 24.5 Å². The van der Waals surface area contributed by atoms with Gasteiger partial charge in [0, 0.05) is 6.20 Å². The second kappa shape index (κ2) is 6.80. The number of phenols is 1. The van der Waals surface area contributed by atoms with Crippen LogP contribution in [0.3, 0.4) is 0 Å². The van der Waals surface area contributed by atoms with Crippen molar-refractivity contribution in [1.82, 2.24) is 4.57 Å². The summed E-state index contributed by atoms with van der Waals surface area (Å²) in [5.41, 5.74) is -1.09. The number of esters is 1. The Kier molecular flexibility index (Phi) is 4.97. The van der Waals surface area contributed by atoms with Gasteiger partial charge < -0.3 is 19.5 Å². The van der Waals surface area contributed by atoms with Crippen LogP contribution >= 0.6 is 0 Å². The normalized spacial score (nSPS) is 11.2. The second-order valence-corrected chi connectivity index (χ2v) is 6.52. The van der Waals surface area contributed by atoms with Crippen molar-refractivity contribution in [2.75, 3.05) is 0 Å². The number of carbonyl (C=O) groups excluding carboxylic acids is 1. The largest absolute Gasteiger partial charge is 0.508 e. The average molecular weight is 345 g/mol. The van der Waals surface area contributed by atoms with E-state index >= 15 is 0 Å². The highest BCUT2D eigenvalue weighted by atomic mass is 16.6. The number of rotatable bonds is 4. The number of carbonyl (C=O) groups is 2. The minimum absolute atomic E-state index is 0.000678. The summed E-state index contributed by atoms with van der Waals surface area (Å²) in [5.74, 6) is -2.05. The van der Waals surface area contributed by atoms with Gasteiger partial charge in [-0.1, -0.05) is 12.1 Å². The first kappa shape index (κ1) is 18.3. The van der Waals surface area contributed by atoms with Gasteiger partial charge in [-0.2, -0.15) is 0 Å². The summed E-state index contributed by atoms with van der Waals surface area (Å²) < 4.78 is 6.17. The maximum absolute atomic E-state index is 12.3. The molecule has 0 aliphatic carbocycles. The van der Waals surface area contributed by atoms with Crippen LogP contribution in [-0.2, 0) is 16.1 Å². The third-order valence-corrected chi connectivity index (χ3v) is 3.22. The van der Waals surface area contributed by atoms with Crippen LogP contribution < -0.4 is 5.56 Å². The Morgan fingerprint density at radius 3 is 2.40 bits per heavy atom. The molecule has 132 valence electrons. The molecule has 2 rings (SSSR count). The van der Waals surface area contributed by atoms with Crippen LogP contribution in [0.5, 0.6) is 5.75 Å². The summed E-state index contributed by atoms with van der Waals surface area (Å²) in [5, 5.41) is 18.8. The molecule has 1 heterocycles. The van der Waals surface area contributed by atoms with E-state index in [4.69, 9.17) is 4.74 Å². The van der Waals surface area contributed by atoms with Crippen LogP contribution in [0.25, 0.3) is 11.1 Å². The summed E-state index contributed by atoms with van der Waals surface area (Å²) >= 11 is 0. The number of carboxylic acid groups (broad SMARTS) is 1. The zero-order chi connectivity index (χ0) is 18.8. The number of hydrogen-bond donors (Lipinski definition) is 2. The Morgan fingerprint density at radius 2 is 1.84 bits per heavy atom. The Balaban J connectivity index is 2.50. The molecule has 7 nitrogen and oxygen atoms in total. The number of aromatic hydroxyl groups is 1. The SMILES string of the molecule is CC(C)(C)OC(=O)Cn1cc(-c2cccc(O)c2)cc(C(=O)O)c1=O. The zero-order valence-electron chi connectivity index (χ0n) is 14.1. The maximum Gasteiger partial charge on any atom is 0.341 e. The fourth-order valence-electron chi connectivity index (χ4n) is 2.26. The minimum Gasteiger partial charge on any atom is -0.508 e. The Morgan fingerprint density at radius 1 is 1.16 bits per heavy atom. The number of phenolic OH excluding ortho intramolecular Hbond substituents is 1. The van der Waals surface area contributed by atoms with Crippen LogP contribution in [0.1, 0.15) is 31.1 Å². The van der Waals surface area contributed by atoms with Crippen LogP contribution in [0.15, 0.2) is 41.3 Å². The van der Waals surface area contributed by atoms with Crippen molar-refractivity contribution in [3.63, 3.8) is 0 Å². The summed E-state index contributed by atoms with van der Waals surface area (Å²) in [7, 11) is 0.